The van der Waals surface area contributed by atoms with Gasteiger partial charge in [0.15, 0.2) is 0 Å². The molecular formula is C23H24Cl3N3O2. The van der Waals surface area contributed by atoms with Crippen molar-refractivity contribution in [1.29, 1.82) is 0 Å². The van der Waals surface area contributed by atoms with Crippen LogP contribution >= 0.6 is 34.8 Å². The van der Waals surface area contributed by atoms with Crippen LogP contribution < -0.4 is 5.32 Å². The molecule has 0 saturated carbocycles. The highest BCUT2D eigenvalue weighted by Crippen LogP contribution is 2.29. The highest BCUT2D eigenvalue weighted by molar-refractivity contribution is 6.31. The van der Waals surface area contributed by atoms with Gasteiger partial charge in [0, 0.05) is 44.8 Å². The molecule has 0 fully saturated rings. The fraction of sp³-hybridized carbons (Fsp3) is 0.261. The molecule has 5 nitrogen and oxygen atoms in total. The molecule has 1 aliphatic rings. The first-order valence-corrected chi connectivity index (χ1v) is 11.0. The lowest BCUT2D eigenvalue weighted by molar-refractivity contribution is 0.191. The number of benzene rings is 2. The van der Waals surface area contributed by atoms with Gasteiger partial charge in [-0.3, -0.25) is 0 Å². The lowest BCUT2D eigenvalue weighted by Gasteiger charge is -2.27. The minimum Gasteiger partial charge on any atom is -0.508 e. The number of phenols is 1. The number of fused-ring (bicyclic) bond motifs is 3. The van der Waals surface area contributed by atoms with E-state index in [1.165, 1.54) is 11.6 Å². The summed E-state index contributed by atoms with van der Waals surface area (Å²) in [7, 11) is 0. The minimum absolute atomic E-state index is 0.0844. The number of aromatic hydroxyl groups is 1. The number of aromatic amines is 1. The molecule has 3 N–H and O–H groups in total. The fourth-order valence-corrected chi connectivity index (χ4v) is 3.84. The number of nitrogens with one attached hydrogen (secondary N) is 2. The number of carbonyl (C=O) groups is 1. The number of phenolic OH excluding ortho intramolecular Hbond substituents is 1. The molecule has 2 amide bonds. The summed E-state index contributed by atoms with van der Waals surface area (Å²) >= 11 is 17.4. The van der Waals surface area contributed by atoms with Gasteiger partial charge in [-0.15, -0.1) is 0 Å². The van der Waals surface area contributed by atoms with Crippen LogP contribution in [-0.4, -0.2) is 27.6 Å². The first-order chi connectivity index (χ1) is 14.8. The standard InChI is InChI=1S/C19H17Cl2N3O2.C4H7Cl/c20-12-1-2-17-16(8-12)15-3-4-24(10-18(15)23-17)19(26)22-9-11-5-13(21)7-14(25)6-11;1-3-4(2)5/h1-2,5-8,23,25H,3-4,9-10H2,(H,22,26);3H,1-2H3/b;4-3+. The van der Waals surface area contributed by atoms with E-state index < -0.39 is 0 Å². The number of halogens is 3. The van der Waals surface area contributed by atoms with Crippen molar-refractivity contribution in [3.8, 4) is 5.75 Å². The van der Waals surface area contributed by atoms with Gasteiger partial charge in [-0.2, -0.15) is 0 Å². The van der Waals surface area contributed by atoms with Gasteiger partial charge in [0.25, 0.3) is 0 Å². The maximum atomic E-state index is 12.5. The summed E-state index contributed by atoms with van der Waals surface area (Å²) in [6.45, 7) is 5.22. The summed E-state index contributed by atoms with van der Waals surface area (Å²) in [5, 5.41) is 15.6. The van der Waals surface area contributed by atoms with Crippen LogP contribution in [0.15, 0.2) is 47.5 Å². The average Bonchev–Trinajstić information content (AvgIpc) is 3.08. The number of nitrogens with zero attached hydrogens (tertiary/aromatic N) is 1. The van der Waals surface area contributed by atoms with Crippen molar-refractivity contribution in [3.63, 3.8) is 0 Å². The van der Waals surface area contributed by atoms with Crippen LogP contribution in [0.4, 0.5) is 4.79 Å². The molecule has 1 aromatic heterocycles. The van der Waals surface area contributed by atoms with Crippen molar-refractivity contribution in [3.05, 3.63) is 74.4 Å². The largest absolute Gasteiger partial charge is 0.508 e. The van der Waals surface area contributed by atoms with E-state index in [1.54, 1.807) is 17.0 Å². The van der Waals surface area contributed by atoms with E-state index >= 15 is 0 Å². The van der Waals surface area contributed by atoms with Gasteiger partial charge in [0.05, 0.1) is 6.54 Å². The Morgan fingerprint density at radius 2 is 1.97 bits per heavy atom. The predicted octanol–water partition coefficient (Wildman–Crippen LogP) is 6.60. The second kappa shape index (κ2) is 10.3. The van der Waals surface area contributed by atoms with E-state index in [0.29, 0.717) is 29.7 Å². The Labute approximate surface area is 196 Å². The number of hydrogen-bond donors (Lipinski definition) is 3. The smallest absolute Gasteiger partial charge is 0.318 e. The summed E-state index contributed by atoms with van der Waals surface area (Å²) < 4.78 is 0. The van der Waals surface area contributed by atoms with Gasteiger partial charge < -0.3 is 20.3 Å². The van der Waals surface area contributed by atoms with Crippen molar-refractivity contribution in [2.24, 2.45) is 0 Å². The number of aromatic nitrogens is 1. The van der Waals surface area contributed by atoms with Crippen molar-refractivity contribution in [2.75, 3.05) is 6.54 Å². The third kappa shape index (κ3) is 6.10. The maximum Gasteiger partial charge on any atom is 0.318 e. The number of amides is 2. The topological polar surface area (TPSA) is 68.4 Å². The van der Waals surface area contributed by atoms with E-state index in [1.807, 2.05) is 38.1 Å². The Morgan fingerprint density at radius 3 is 2.65 bits per heavy atom. The average molecular weight is 481 g/mol. The van der Waals surface area contributed by atoms with E-state index in [4.69, 9.17) is 34.8 Å². The summed E-state index contributed by atoms with van der Waals surface area (Å²) in [5.41, 5.74) is 4.06. The normalized spacial score (nSPS) is 13.5. The molecule has 0 unspecified atom stereocenters. The molecule has 3 aromatic rings. The van der Waals surface area contributed by atoms with Crippen LogP contribution in [-0.2, 0) is 19.5 Å². The highest BCUT2D eigenvalue weighted by atomic mass is 35.5. The summed E-state index contributed by atoms with van der Waals surface area (Å²) in [6.07, 6.45) is 2.63. The van der Waals surface area contributed by atoms with E-state index in [9.17, 15) is 9.90 Å². The van der Waals surface area contributed by atoms with Crippen LogP contribution in [0.3, 0.4) is 0 Å². The van der Waals surface area contributed by atoms with Crippen LogP contribution in [0.2, 0.25) is 10.0 Å². The zero-order valence-electron chi connectivity index (χ0n) is 17.3. The minimum atomic E-state index is -0.146. The van der Waals surface area contributed by atoms with Crippen LogP contribution in [0.5, 0.6) is 5.75 Å². The summed E-state index contributed by atoms with van der Waals surface area (Å²) in [4.78, 5) is 17.7. The molecule has 1 aliphatic heterocycles. The Balaban J connectivity index is 0.000000491. The van der Waals surface area contributed by atoms with E-state index in [2.05, 4.69) is 10.3 Å². The fourth-order valence-electron chi connectivity index (χ4n) is 3.41. The van der Waals surface area contributed by atoms with Crippen molar-refractivity contribution >= 4 is 51.7 Å². The zero-order valence-corrected chi connectivity index (χ0v) is 19.6. The molecule has 0 aliphatic carbocycles. The Hall–Kier alpha value is -2.34. The highest BCUT2D eigenvalue weighted by Gasteiger charge is 2.23. The third-order valence-corrected chi connectivity index (χ3v) is 5.68. The second-order valence-electron chi connectivity index (χ2n) is 7.30. The SMILES string of the molecule is C/C=C(\C)Cl.O=C(NCc1cc(O)cc(Cl)c1)N1CCc2c([nH]c3ccc(Cl)cc23)C1. The van der Waals surface area contributed by atoms with Gasteiger partial charge >= 0.3 is 6.03 Å². The zero-order chi connectivity index (χ0) is 22.5. The maximum absolute atomic E-state index is 12.5. The Morgan fingerprint density at radius 1 is 1.23 bits per heavy atom. The molecular weight excluding hydrogens is 457 g/mol. The molecule has 0 radical (unpaired) electrons. The molecule has 31 heavy (non-hydrogen) atoms. The summed E-state index contributed by atoms with van der Waals surface area (Å²) in [5.74, 6) is 0.0844. The van der Waals surface area contributed by atoms with Gasteiger partial charge in [-0.1, -0.05) is 40.9 Å². The van der Waals surface area contributed by atoms with Gasteiger partial charge in [0.1, 0.15) is 5.75 Å². The molecule has 0 saturated heterocycles. The van der Waals surface area contributed by atoms with Gasteiger partial charge in [0.2, 0.25) is 0 Å². The van der Waals surface area contributed by atoms with Crippen molar-refractivity contribution < 1.29 is 9.90 Å². The van der Waals surface area contributed by atoms with Crippen LogP contribution in [0.25, 0.3) is 10.9 Å². The lowest BCUT2D eigenvalue weighted by atomic mass is 10.0. The van der Waals surface area contributed by atoms with Crippen LogP contribution in [0, 0.1) is 0 Å². The quantitative estimate of drug-likeness (QED) is 0.387. The Bertz CT molecular complexity index is 1100. The molecule has 164 valence electrons. The molecule has 0 bridgehead atoms. The third-order valence-electron chi connectivity index (χ3n) is 5.01. The molecule has 2 heterocycles. The predicted molar refractivity (Wildman–Crippen MR) is 128 cm³/mol. The number of carbonyl (C=O) groups excluding carboxylic acids is 1. The molecule has 0 spiro atoms. The molecule has 0 atom stereocenters. The van der Waals surface area contributed by atoms with Crippen molar-refractivity contribution in [2.45, 2.75) is 33.4 Å². The first-order valence-electron chi connectivity index (χ1n) is 9.85. The van der Waals surface area contributed by atoms with Gasteiger partial charge in [-0.05, 0) is 67.8 Å². The Kier molecular flexibility index (Phi) is 7.76. The number of rotatable bonds is 2. The van der Waals surface area contributed by atoms with E-state index in [0.717, 1.165) is 33.6 Å². The molecule has 8 heteroatoms. The molecule has 4 rings (SSSR count). The number of H-pyrrole nitrogens is 1. The monoisotopic (exact) mass is 479 g/mol. The lowest BCUT2D eigenvalue weighted by Crippen LogP contribution is -2.42. The first kappa shape index (κ1) is 23.3. The second-order valence-corrected chi connectivity index (χ2v) is 8.76. The number of hydrogen-bond acceptors (Lipinski definition) is 2. The molecule has 2 aromatic carbocycles. The van der Waals surface area contributed by atoms with Gasteiger partial charge in [-0.25, -0.2) is 4.79 Å². The summed E-state index contributed by atoms with van der Waals surface area (Å²) in [6, 6.07) is 10.4. The van der Waals surface area contributed by atoms with E-state index in [-0.39, 0.29) is 11.8 Å². The number of allylic oxidation sites excluding steroid dienone is 2. The van der Waals surface area contributed by atoms with Crippen LogP contribution in [0.1, 0.15) is 30.7 Å². The van der Waals surface area contributed by atoms with Crippen molar-refractivity contribution in [1.82, 2.24) is 15.2 Å². The number of urea groups is 1.